The number of hydrogen-bond donors (Lipinski definition) is 0. The molecule has 0 radical (unpaired) electrons. The van der Waals surface area contributed by atoms with E-state index in [1.807, 2.05) is 12.1 Å². The number of benzene rings is 1. The Hall–Kier alpha value is -2.05. The quantitative estimate of drug-likeness (QED) is 0.819. The summed E-state index contributed by atoms with van der Waals surface area (Å²) in [6.45, 7) is 3.30. The van der Waals surface area contributed by atoms with Gasteiger partial charge in [-0.05, 0) is 36.0 Å². The second kappa shape index (κ2) is 6.93. The molecule has 4 nitrogen and oxygen atoms in total. The second-order valence-corrected chi connectivity index (χ2v) is 7.43. The molecule has 1 aromatic rings. The van der Waals surface area contributed by atoms with Crippen LogP contribution in [0.4, 0.5) is 18.9 Å². The van der Waals surface area contributed by atoms with Gasteiger partial charge in [0.2, 0.25) is 11.8 Å². The van der Waals surface area contributed by atoms with Gasteiger partial charge in [0.15, 0.2) is 0 Å². The Morgan fingerprint density at radius 2 is 2.04 bits per heavy atom. The normalized spacial score (nSPS) is 20.7. The molecule has 0 saturated carbocycles. The molecule has 2 aliphatic heterocycles. The molecule has 2 heterocycles. The average Bonchev–Trinajstić information content (AvgIpc) is 2.92. The largest absolute Gasteiger partial charge is 0.406 e. The summed E-state index contributed by atoms with van der Waals surface area (Å²) in [7, 11) is 0. The van der Waals surface area contributed by atoms with Gasteiger partial charge in [-0.25, -0.2) is 0 Å². The number of amides is 2. The van der Waals surface area contributed by atoms with Crippen LogP contribution in [-0.2, 0) is 16.0 Å². The van der Waals surface area contributed by atoms with E-state index in [0.29, 0.717) is 12.5 Å². The van der Waals surface area contributed by atoms with Gasteiger partial charge in [-0.2, -0.15) is 13.2 Å². The first kappa shape index (κ1) is 18.7. The zero-order valence-corrected chi connectivity index (χ0v) is 15.0. The first-order valence-electron chi connectivity index (χ1n) is 8.94. The van der Waals surface area contributed by atoms with Gasteiger partial charge in [-0.3, -0.25) is 9.59 Å². The first-order valence-corrected chi connectivity index (χ1v) is 8.94. The summed E-state index contributed by atoms with van der Waals surface area (Å²) in [4.78, 5) is 27.2. The predicted octanol–water partition coefficient (Wildman–Crippen LogP) is 3.50. The number of carbonyl (C=O) groups excluding carboxylic acids is 2. The van der Waals surface area contributed by atoms with E-state index in [1.54, 1.807) is 4.90 Å². The van der Waals surface area contributed by atoms with Crippen molar-refractivity contribution in [3.05, 3.63) is 29.3 Å². The maximum absolute atomic E-state index is 12.9. The van der Waals surface area contributed by atoms with E-state index in [4.69, 9.17) is 0 Å². The van der Waals surface area contributed by atoms with Crippen LogP contribution < -0.4 is 4.90 Å². The number of anilines is 1. The summed E-state index contributed by atoms with van der Waals surface area (Å²) >= 11 is 0. The van der Waals surface area contributed by atoms with Crippen molar-refractivity contribution in [1.29, 1.82) is 0 Å². The molecule has 2 aliphatic rings. The highest BCUT2D eigenvalue weighted by atomic mass is 19.4. The first-order chi connectivity index (χ1) is 12.2. The number of rotatable bonds is 3. The number of halogens is 3. The molecule has 1 saturated heterocycles. The van der Waals surface area contributed by atoms with E-state index in [1.165, 1.54) is 5.56 Å². The molecule has 7 heteroatoms. The van der Waals surface area contributed by atoms with Gasteiger partial charge in [0, 0.05) is 25.2 Å². The molecule has 0 spiro atoms. The van der Waals surface area contributed by atoms with Gasteiger partial charge in [-0.15, -0.1) is 0 Å². The SMILES string of the molecule is CC(C)c1ccc2c(c1)CCCN2C(=O)C1CC(=O)N(CC(F)(F)F)C1. The summed E-state index contributed by atoms with van der Waals surface area (Å²) in [5.74, 6) is -1.18. The number of alkyl halides is 3. The highest BCUT2D eigenvalue weighted by molar-refractivity contribution is 5.99. The molecular formula is C19H23F3N2O2. The zero-order chi connectivity index (χ0) is 19.1. The summed E-state index contributed by atoms with van der Waals surface area (Å²) < 4.78 is 37.7. The van der Waals surface area contributed by atoms with Crippen molar-refractivity contribution in [2.75, 3.05) is 24.5 Å². The topological polar surface area (TPSA) is 40.6 Å². The van der Waals surface area contributed by atoms with Crippen LogP contribution in [0.25, 0.3) is 0 Å². The molecule has 1 fully saturated rings. The maximum atomic E-state index is 12.9. The number of carbonyl (C=O) groups is 2. The Balaban J connectivity index is 1.77. The van der Waals surface area contributed by atoms with Crippen molar-refractivity contribution in [3.63, 3.8) is 0 Å². The van der Waals surface area contributed by atoms with E-state index in [9.17, 15) is 22.8 Å². The van der Waals surface area contributed by atoms with E-state index in [0.717, 1.165) is 29.0 Å². The molecule has 3 rings (SSSR count). The Morgan fingerprint density at radius 3 is 2.69 bits per heavy atom. The molecule has 1 unspecified atom stereocenters. The third-order valence-electron chi connectivity index (χ3n) is 5.09. The molecule has 0 bridgehead atoms. The molecule has 0 aromatic heterocycles. The minimum absolute atomic E-state index is 0.148. The van der Waals surface area contributed by atoms with Gasteiger partial charge >= 0.3 is 6.18 Å². The fourth-order valence-corrected chi connectivity index (χ4v) is 3.73. The van der Waals surface area contributed by atoms with Crippen LogP contribution in [0, 0.1) is 5.92 Å². The van der Waals surface area contributed by atoms with Crippen LogP contribution in [0.15, 0.2) is 18.2 Å². The van der Waals surface area contributed by atoms with Crippen LogP contribution >= 0.6 is 0 Å². The third-order valence-corrected chi connectivity index (χ3v) is 5.09. The molecule has 0 N–H and O–H groups in total. The van der Waals surface area contributed by atoms with Crippen LogP contribution in [0.1, 0.15) is 43.7 Å². The van der Waals surface area contributed by atoms with Gasteiger partial charge in [0.25, 0.3) is 0 Å². The lowest BCUT2D eigenvalue weighted by Gasteiger charge is -2.32. The number of hydrogen-bond acceptors (Lipinski definition) is 2. The Bertz CT molecular complexity index is 715. The third kappa shape index (κ3) is 3.86. The van der Waals surface area contributed by atoms with Gasteiger partial charge < -0.3 is 9.80 Å². The second-order valence-electron chi connectivity index (χ2n) is 7.43. The van der Waals surface area contributed by atoms with Crippen molar-refractivity contribution in [3.8, 4) is 0 Å². The fourth-order valence-electron chi connectivity index (χ4n) is 3.73. The molecule has 1 atom stereocenters. The number of nitrogens with zero attached hydrogens (tertiary/aromatic N) is 2. The minimum atomic E-state index is -4.45. The standard InChI is InChI=1S/C19H23F3N2O2/c1-12(2)13-5-6-16-14(8-13)4-3-7-24(16)18(26)15-9-17(25)23(10-15)11-19(20,21)22/h5-6,8,12,15H,3-4,7,9-11H2,1-2H3. The molecule has 0 aliphatic carbocycles. The van der Waals surface area contributed by atoms with Crippen molar-refractivity contribution in [2.24, 2.45) is 5.92 Å². The highest BCUT2D eigenvalue weighted by Gasteiger charge is 2.42. The Kier molecular flexibility index (Phi) is 4.99. The van der Waals surface area contributed by atoms with E-state index in [-0.39, 0.29) is 18.9 Å². The summed E-state index contributed by atoms with van der Waals surface area (Å²) in [6, 6.07) is 6.02. The smallest absolute Gasteiger partial charge is 0.333 e. The van der Waals surface area contributed by atoms with Crippen LogP contribution in [0.5, 0.6) is 0 Å². The number of aryl methyl sites for hydroxylation is 1. The van der Waals surface area contributed by atoms with E-state index < -0.39 is 24.5 Å². The van der Waals surface area contributed by atoms with Gasteiger partial charge in [0.05, 0.1) is 5.92 Å². The van der Waals surface area contributed by atoms with Crippen molar-refractivity contribution in [2.45, 2.75) is 45.2 Å². The summed E-state index contributed by atoms with van der Waals surface area (Å²) in [5, 5.41) is 0. The minimum Gasteiger partial charge on any atom is -0.333 e. The van der Waals surface area contributed by atoms with Crippen LogP contribution in [-0.4, -0.2) is 42.5 Å². The molecule has 2 amide bonds. The molecular weight excluding hydrogens is 345 g/mol. The molecule has 1 aromatic carbocycles. The maximum Gasteiger partial charge on any atom is 0.406 e. The predicted molar refractivity (Wildman–Crippen MR) is 91.9 cm³/mol. The molecule has 26 heavy (non-hydrogen) atoms. The van der Waals surface area contributed by atoms with Crippen molar-refractivity contribution < 1.29 is 22.8 Å². The van der Waals surface area contributed by atoms with Gasteiger partial charge in [0.1, 0.15) is 6.54 Å². The Morgan fingerprint density at radius 1 is 1.31 bits per heavy atom. The monoisotopic (exact) mass is 368 g/mol. The highest BCUT2D eigenvalue weighted by Crippen LogP contribution is 2.33. The lowest BCUT2D eigenvalue weighted by atomic mass is 9.94. The van der Waals surface area contributed by atoms with Gasteiger partial charge in [-0.1, -0.05) is 26.0 Å². The number of likely N-dealkylation sites (tertiary alicyclic amines) is 1. The lowest BCUT2D eigenvalue weighted by molar-refractivity contribution is -0.157. The van der Waals surface area contributed by atoms with Crippen LogP contribution in [0.2, 0.25) is 0 Å². The van der Waals surface area contributed by atoms with E-state index in [2.05, 4.69) is 19.9 Å². The Labute approximate surface area is 151 Å². The average molecular weight is 368 g/mol. The summed E-state index contributed by atoms with van der Waals surface area (Å²) in [6.07, 6.45) is -2.90. The molecule has 142 valence electrons. The van der Waals surface area contributed by atoms with Crippen LogP contribution in [0.3, 0.4) is 0 Å². The van der Waals surface area contributed by atoms with Crippen molar-refractivity contribution in [1.82, 2.24) is 4.90 Å². The van der Waals surface area contributed by atoms with E-state index >= 15 is 0 Å². The number of fused-ring (bicyclic) bond motifs is 1. The zero-order valence-electron chi connectivity index (χ0n) is 15.0. The summed E-state index contributed by atoms with van der Waals surface area (Å²) in [5.41, 5.74) is 3.12. The fraction of sp³-hybridized carbons (Fsp3) is 0.579. The van der Waals surface area contributed by atoms with Crippen molar-refractivity contribution >= 4 is 17.5 Å². The lowest BCUT2D eigenvalue weighted by Crippen LogP contribution is -2.41.